The van der Waals surface area contributed by atoms with E-state index < -0.39 is 18.0 Å². The first-order valence-corrected chi connectivity index (χ1v) is 5.24. The van der Waals surface area contributed by atoms with E-state index in [2.05, 4.69) is 0 Å². The largest absolute Gasteiger partial charge is 0.463 e. The van der Waals surface area contributed by atoms with E-state index >= 15 is 0 Å². The van der Waals surface area contributed by atoms with Crippen molar-refractivity contribution in [2.24, 2.45) is 0 Å². The molecule has 1 aromatic carbocycles. The van der Waals surface area contributed by atoms with Gasteiger partial charge in [-0.05, 0) is 36.6 Å². The van der Waals surface area contributed by atoms with Gasteiger partial charge in [0.25, 0.3) is 0 Å². The molecule has 1 unspecified atom stereocenters. The molecule has 0 saturated heterocycles. The molecule has 0 aliphatic rings. The van der Waals surface area contributed by atoms with Crippen LogP contribution in [-0.4, -0.2) is 22.2 Å². The second-order valence-electron chi connectivity index (χ2n) is 3.55. The molecule has 0 saturated carbocycles. The number of carbonyl (C=O) groups is 1. The van der Waals surface area contributed by atoms with Crippen LogP contribution in [0.15, 0.2) is 30.5 Å². The van der Waals surface area contributed by atoms with E-state index in [1.165, 1.54) is 22.9 Å². The summed E-state index contributed by atoms with van der Waals surface area (Å²) in [6.45, 7) is 1.83. The van der Waals surface area contributed by atoms with Gasteiger partial charge in [-0.25, -0.2) is 9.18 Å². The van der Waals surface area contributed by atoms with Gasteiger partial charge in [0.2, 0.25) is 6.23 Å². The summed E-state index contributed by atoms with van der Waals surface area (Å²) in [5.74, 6) is -1.18. The first kappa shape index (κ1) is 11.6. The van der Waals surface area contributed by atoms with Crippen LogP contribution in [0.1, 0.15) is 13.2 Å². The molecule has 2 aromatic rings. The van der Waals surface area contributed by atoms with Gasteiger partial charge >= 0.3 is 5.97 Å². The fraction of sp³-hybridized carbons (Fsp3) is 0.250. The summed E-state index contributed by atoms with van der Waals surface area (Å²) < 4.78 is 19.1. The van der Waals surface area contributed by atoms with Gasteiger partial charge in [0.1, 0.15) is 5.82 Å². The van der Waals surface area contributed by atoms with Crippen LogP contribution in [0.25, 0.3) is 10.9 Å². The predicted molar refractivity (Wildman–Crippen MR) is 59.8 cm³/mol. The number of ether oxygens (including phenoxy) is 1. The number of fused-ring (bicyclic) bond motifs is 1. The third kappa shape index (κ3) is 2.14. The molecule has 2 rings (SSSR count). The Bertz CT molecular complexity index is 550. The zero-order chi connectivity index (χ0) is 12.4. The van der Waals surface area contributed by atoms with Crippen molar-refractivity contribution < 1.29 is 19.0 Å². The molecule has 0 radical (unpaired) electrons. The van der Waals surface area contributed by atoms with E-state index in [0.29, 0.717) is 5.52 Å². The minimum absolute atomic E-state index is 0.184. The monoisotopic (exact) mass is 237 g/mol. The van der Waals surface area contributed by atoms with E-state index in [-0.39, 0.29) is 6.61 Å². The highest BCUT2D eigenvalue weighted by molar-refractivity contribution is 5.83. The Morgan fingerprint density at radius 3 is 3.00 bits per heavy atom. The summed E-state index contributed by atoms with van der Waals surface area (Å²) in [4.78, 5) is 11.4. The summed E-state index contributed by atoms with van der Waals surface area (Å²) >= 11 is 0. The Labute approximate surface area is 97.2 Å². The van der Waals surface area contributed by atoms with Gasteiger partial charge in [-0.1, -0.05) is 0 Å². The van der Waals surface area contributed by atoms with Gasteiger partial charge in [0.05, 0.1) is 12.1 Å². The van der Waals surface area contributed by atoms with Crippen molar-refractivity contribution in [3.8, 4) is 0 Å². The Morgan fingerprint density at radius 2 is 2.29 bits per heavy atom. The van der Waals surface area contributed by atoms with Crippen molar-refractivity contribution in [3.63, 3.8) is 0 Å². The van der Waals surface area contributed by atoms with Crippen LogP contribution >= 0.6 is 0 Å². The molecule has 0 spiro atoms. The van der Waals surface area contributed by atoms with E-state index in [4.69, 9.17) is 4.74 Å². The normalized spacial score (nSPS) is 12.6. The van der Waals surface area contributed by atoms with Crippen molar-refractivity contribution in [2.45, 2.75) is 13.2 Å². The molecule has 0 aliphatic carbocycles. The molecule has 1 atom stereocenters. The van der Waals surface area contributed by atoms with Gasteiger partial charge < -0.3 is 14.4 Å². The van der Waals surface area contributed by atoms with Crippen LogP contribution in [0.3, 0.4) is 0 Å². The summed E-state index contributed by atoms with van der Waals surface area (Å²) in [7, 11) is 0. The molecule has 0 bridgehead atoms. The molecule has 0 amide bonds. The van der Waals surface area contributed by atoms with Crippen LogP contribution < -0.4 is 0 Å². The van der Waals surface area contributed by atoms with E-state index in [0.717, 1.165) is 5.39 Å². The highest BCUT2D eigenvalue weighted by atomic mass is 19.1. The first-order valence-electron chi connectivity index (χ1n) is 5.24. The quantitative estimate of drug-likeness (QED) is 0.828. The van der Waals surface area contributed by atoms with Crippen molar-refractivity contribution >= 4 is 16.9 Å². The molecular weight excluding hydrogens is 225 g/mol. The molecule has 1 aromatic heterocycles. The van der Waals surface area contributed by atoms with Gasteiger partial charge in [-0.2, -0.15) is 0 Å². The number of halogens is 1. The number of esters is 1. The molecule has 0 aliphatic heterocycles. The Morgan fingerprint density at radius 1 is 1.53 bits per heavy atom. The van der Waals surface area contributed by atoms with Gasteiger partial charge in [-0.15, -0.1) is 0 Å². The number of rotatable bonds is 3. The van der Waals surface area contributed by atoms with Crippen LogP contribution in [0, 0.1) is 5.82 Å². The molecule has 0 fully saturated rings. The molecule has 5 heteroatoms. The molecular formula is C12H12FNO3. The predicted octanol–water partition coefficient (Wildman–Crippen LogP) is 1.83. The minimum atomic E-state index is -1.45. The van der Waals surface area contributed by atoms with Crippen molar-refractivity contribution in [2.75, 3.05) is 6.61 Å². The topological polar surface area (TPSA) is 51.5 Å². The lowest BCUT2D eigenvalue weighted by Gasteiger charge is -2.12. The fourth-order valence-electron chi connectivity index (χ4n) is 1.67. The number of nitrogens with zero attached hydrogens (tertiary/aromatic N) is 1. The van der Waals surface area contributed by atoms with Crippen LogP contribution in [0.4, 0.5) is 4.39 Å². The number of aliphatic hydroxyl groups excluding tert-OH is 1. The van der Waals surface area contributed by atoms with Crippen molar-refractivity contribution in [1.29, 1.82) is 0 Å². The second-order valence-corrected chi connectivity index (χ2v) is 3.55. The highest BCUT2D eigenvalue weighted by Gasteiger charge is 2.19. The molecule has 4 nitrogen and oxygen atoms in total. The SMILES string of the molecule is CCOC(=O)C(O)n1ccc2ccc(F)cc21. The first-order chi connectivity index (χ1) is 8.13. The maximum atomic E-state index is 13.1. The highest BCUT2D eigenvalue weighted by Crippen LogP contribution is 2.20. The maximum Gasteiger partial charge on any atom is 0.356 e. The van der Waals surface area contributed by atoms with Gasteiger partial charge in [0.15, 0.2) is 0 Å². The smallest absolute Gasteiger partial charge is 0.356 e. The van der Waals surface area contributed by atoms with Crippen LogP contribution in [-0.2, 0) is 9.53 Å². The lowest BCUT2D eigenvalue weighted by Crippen LogP contribution is -2.20. The zero-order valence-electron chi connectivity index (χ0n) is 9.26. The number of carbonyl (C=O) groups excluding carboxylic acids is 1. The Balaban J connectivity index is 2.41. The summed E-state index contributed by atoms with van der Waals surface area (Å²) in [5.41, 5.74) is 0.450. The average Bonchev–Trinajstić information content (AvgIpc) is 2.71. The van der Waals surface area contributed by atoms with E-state index in [1.807, 2.05) is 0 Å². The van der Waals surface area contributed by atoms with E-state index in [1.54, 1.807) is 19.1 Å². The van der Waals surface area contributed by atoms with E-state index in [9.17, 15) is 14.3 Å². The van der Waals surface area contributed by atoms with Crippen molar-refractivity contribution in [3.05, 3.63) is 36.3 Å². The lowest BCUT2D eigenvalue weighted by molar-refractivity contribution is -0.158. The number of hydrogen-bond donors (Lipinski definition) is 1. The standard InChI is InChI=1S/C12H12FNO3/c1-2-17-12(16)11(15)14-6-5-8-3-4-9(13)7-10(8)14/h3-7,11,15H,2H2,1H3. The summed E-state index contributed by atoms with van der Waals surface area (Å²) in [6, 6.07) is 5.86. The molecule has 90 valence electrons. The van der Waals surface area contributed by atoms with Crippen molar-refractivity contribution in [1.82, 2.24) is 4.57 Å². The summed E-state index contributed by atoms with van der Waals surface area (Å²) in [5, 5.41) is 10.5. The second kappa shape index (κ2) is 4.55. The third-order valence-electron chi connectivity index (χ3n) is 2.45. The average molecular weight is 237 g/mol. The lowest BCUT2D eigenvalue weighted by atomic mass is 10.2. The Hall–Kier alpha value is -1.88. The maximum absolute atomic E-state index is 13.1. The molecule has 1 heterocycles. The molecule has 1 N–H and O–H groups in total. The van der Waals surface area contributed by atoms with Crippen LogP contribution in [0.2, 0.25) is 0 Å². The Kier molecular flexibility index (Phi) is 3.10. The number of aromatic nitrogens is 1. The van der Waals surface area contributed by atoms with Crippen LogP contribution in [0.5, 0.6) is 0 Å². The number of aliphatic hydroxyl groups is 1. The third-order valence-corrected chi connectivity index (χ3v) is 2.45. The number of hydrogen-bond acceptors (Lipinski definition) is 3. The molecule has 17 heavy (non-hydrogen) atoms. The zero-order valence-corrected chi connectivity index (χ0v) is 9.26. The summed E-state index contributed by atoms with van der Waals surface area (Å²) in [6.07, 6.45) is 0.0698. The number of benzene rings is 1. The fourth-order valence-corrected chi connectivity index (χ4v) is 1.67. The minimum Gasteiger partial charge on any atom is -0.463 e. The van der Waals surface area contributed by atoms with Gasteiger partial charge in [-0.3, -0.25) is 0 Å². The van der Waals surface area contributed by atoms with Gasteiger partial charge in [0, 0.05) is 6.20 Å².